The van der Waals surface area contributed by atoms with Crippen molar-refractivity contribution in [3.63, 3.8) is 0 Å². The van der Waals surface area contributed by atoms with Crippen LogP contribution in [-0.4, -0.2) is 48.1 Å². The summed E-state index contributed by atoms with van der Waals surface area (Å²) in [7, 11) is 3.09. The molecule has 1 fully saturated rings. The van der Waals surface area contributed by atoms with Gasteiger partial charge in [0.1, 0.15) is 17.6 Å². The molecule has 0 aliphatic carbocycles. The third kappa shape index (κ3) is 4.47. The number of rotatable bonds is 6. The highest BCUT2D eigenvalue weighted by atomic mass is 16.5. The Kier molecular flexibility index (Phi) is 6.17. The lowest BCUT2D eigenvalue weighted by Crippen LogP contribution is -2.27. The van der Waals surface area contributed by atoms with Crippen molar-refractivity contribution < 1.29 is 14.3 Å². The summed E-state index contributed by atoms with van der Waals surface area (Å²) in [5.41, 5.74) is 3.05. The smallest absolute Gasteiger partial charge is 0.254 e. The maximum Gasteiger partial charge on any atom is 0.254 e. The lowest BCUT2D eigenvalue weighted by atomic mass is 10.1. The number of aromatic nitrogens is 2. The SMILES string of the molecule is COc1cc(Nc2nccc(-c3ccc(OC)c(C#N)c3)n2)cc(C(=O)N2CCCC2)c1. The van der Waals surface area contributed by atoms with E-state index in [0.29, 0.717) is 40.0 Å². The Bertz CT molecular complexity index is 1180. The number of nitrogens with zero attached hydrogens (tertiary/aromatic N) is 4. The molecule has 1 amide bonds. The van der Waals surface area contributed by atoms with Gasteiger partial charge in [-0.15, -0.1) is 0 Å². The Morgan fingerprint density at radius 3 is 2.62 bits per heavy atom. The highest BCUT2D eigenvalue weighted by Gasteiger charge is 2.20. The molecule has 3 aromatic rings. The third-order valence-electron chi connectivity index (χ3n) is 5.31. The van der Waals surface area contributed by atoms with Crippen LogP contribution in [0.1, 0.15) is 28.8 Å². The minimum absolute atomic E-state index is 0.0126. The number of nitriles is 1. The Morgan fingerprint density at radius 1 is 1.09 bits per heavy atom. The summed E-state index contributed by atoms with van der Waals surface area (Å²) in [6.07, 6.45) is 3.69. The second-order valence-electron chi connectivity index (χ2n) is 7.37. The van der Waals surface area contributed by atoms with E-state index in [1.165, 1.54) is 7.11 Å². The van der Waals surface area contributed by atoms with Gasteiger partial charge in [-0.3, -0.25) is 4.79 Å². The molecule has 0 bridgehead atoms. The molecular formula is C24H23N5O3. The van der Waals surface area contributed by atoms with Gasteiger partial charge < -0.3 is 19.7 Å². The molecule has 2 aromatic carbocycles. The monoisotopic (exact) mass is 429 g/mol. The van der Waals surface area contributed by atoms with Gasteiger partial charge in [-0.25, -0.2) is 9.97 Å². The molecular weight excluding hydrogens is 406 g/mol. The minimum Gasteiger partial charge on any atom is -0.497 e. The maximum absolute atomic E-state index is 12.8. The van der Waals surface area contributed by atoms with E-state index >= 15 is 0 Å². The Morgan fingerprint density at radius 2 is 1.91 bits per heavy atom. The van der Waals surface area contributed by atoms with Crippen molar-refractivity contribution in [3.8, 4) is 28.8 Å². The molecule has 0 atom stereocenters. The average molecular weight is 429 g/mol. The van der Waals surface area contributed by atoms with Crippen LogP contribution in [-0.2, 0) is 0 Å². The second kappa shape index (κ2) is 9.35. The number of ether oxygens (including phenoxy) is 2. The Labute approximate surface area is 186 Å². The maximum atomic E-state index is 12.8. The van der Waals surface area contributed by atoms with Gasteiger partial charge in [0, 0.05) is 42.2 Å². The van der Waals surface area contributed by atoms with Crippen molar-refractivity contribution in [2.45, 2.75) is 12.8 Å². The van der Waals surface area contributed by atoms with Gasteiger partial charge in [-0.2, -0.15) is 5.26 Å². The summed E-state index contributed by atoms with van der Waals surface area (Å²) in [6, 6.07) is 14.5. The number of amides is 1. The van der Waals surface area contributed by atoms with Crippen LogP contribution in [0.25, 0.3) is 11.3 Å². The zero-order chi connectivity index (χ0) is 22.5. The first-order chi connectivity index (χ1) is 15.6. The van der Waals surface area contributed by atoms with Crippen LogP contribution < -0.4 is 14.8 Å². The Balaban J connectivity index is 1.62. The molecule has 0 unspecified atom stereocenters. The van der Waals surface area contributed by atoms with Crippen LogP contribution in [0.4, 0.5) is 11.6 Å². The molecule has 1 N–H and O–H groups in total. The first-order valence-corrected chi connectivity index (χ1v) is 10.3. The fourth-order valence-corrected chi connectivity index (χ4v) is 3.68. The first-order valence-electron chi connectivity index (χ1n) is 10.3. The molecule has 1 aliphatic rings. The number of carbonyl (C=O) groups excluding carboxylic acids is 1. The van der Waals surface area contributed by atoms with Crippen molar-refractivity contribution in [1.82, 2.24) is 14.9 Å². The Hall–Kier alpha value is -4.12. The van der Waals surface area contributed by atoms with Crippen LogP contribution in [0.15, 0.2) is 48.7 Å². The molecule has 1 aliphatic heterocycles. The number of anilines is 2. The second-order valence-corrected chi connectivity index (χ2v) is 7.37. The molecule has 8 heteroatoms. The van der Waals surface area contributed by atoms with Crippen LogP contribution in [0.2, 0.25) is 0 Å². The number of hydrogen-bond donors (Lipinski definition) is 1. The van der Waals surface area contributed by atoms with Crippen LogP contribution in [0.5, 0.6) is 11.5 Å². The zero-order valence-corrected chi connectivity index (χ0v) is 18.0. The number of hydrogen-bond acceptors (Lipinski definition) is 7. The molecule has 1 aromatic heterocycles. The highest BCUT2D eigenvalue weighted by Crippen LogP contribution is 2.27. The van der Waals surface area contributed by atoms with Crippen molar-refractivity contribution >= 4 is 17.5 Å². The largest absolute Gasteiger partial charge is 0.497 e. The average Bonchev–Trinajstić information content (AvgIpc) is 3.38. The van der Waals surface area contributed by atoms with Crippen LogP contribution >= 0.6 is 0 Å². The normalized spacial score (nSPS) is 12.8. The first kappa shape index (κ1) is 21.1. The highest BCUT2D eigenvalue weighted by molar-refractivity contribution is 5.96. The number of nitrogens with one attached hydrogen (secondary N) is 1. The van der Waals surface area contributed by atoms with E-state index in [9.17, 15) is 10.1 Å². The van der Waals surface area contributed by atoms with Gasteiger partial charge in [0.15, 0.2) is 0 Å². The fraction of sp³-hybridized carbons (Fsp3) is 0.250. The predicted molar refractivity (Wildman–Crippen MR) is 120 cm³/mol. The molecule has 1 saturated heterocycles. The summed E-state index contributed by atoms with van der Waals surface area (Å²) in [4.78, 5) is 23.6. The number of methoxy groups -OCH3 is 2. The number of carbonyl (C=O) groups is 1. The lowest BCUT2D eigenvalue weighted by molar-refractivity contribution is 0.0792. The quantitative estimate of drug-likeness (QED) is 0.632. The standard InChI is InChI=1S/C24H23N5O3/c1-31-20-13-17(23(30)29-9-3-4-10-29)12-19(14-20)27-24-26-8-7-21(28-24)16-5-6-22(32-2)18(11-16)15-25/h5-8,11-14H,3-4,9-10H2,1-2H3,(H,26,27,28). The van der Waals surface area contributed by atoms with E-state index in [1.807, 2.05) is 11.0 Å². The van der Waals surface area contributed by atoms with Gasteiger partial charge in [0.05, 0.1) is 25.5 Å². The third-order valence-corrected chi connectivity index (χ3v) is 5.31. The van der Waals surface area contributed by atoms with Crippen molar-refractivity contribution in [2.75, 3.05) is 32.6 Å². The van der Waals surface area contributed by atoms with E-state index in [4.69, 9.17) is 9.47 Å². The molecule has 4 rings (SSSR count). The van der Waals surface area contributed by atoms with Crippen molar-refractivity contribution in [2.24, 2.45) is 0 Å². The summed E-state index contributed by atoms with van der Waals surface area (Å²) >= 11 is 0. The predicted octanol–water partition coefficient (Wildman–Crippen LogP) is 4.01. The van der Waals surface area contributed by atoms with E-state index in [1.54, 1.807) is 49.7 Å². The molecule has 2 heterocycles. The molecule has 0 saturated carbocycles. The molecule has 8 nitrogen and oxygen atoms in total. The molecule has 0 radical (unpaired) electrons. The molecule has 32 heavy (non-hydrogen) atoms. The summed E-state index contributed by atoms with van der Waals surface area (Å²) in [5.74, 6) is 1.43. The van der Waals surface area contributed by atoms with Gasteiger partial charge in [0.2, 0.25) is 5.95 Å². The van der Waals surface area contributed by atoms with Crippen molar-refractivity contribution in [3.05, 3.63) is 59.8 Å². The topological polar surface area (TPSA) is 100 Å². The summed E-state index contributed by atoms with van der Waals surface area (Å²) in [5, 5.41) is 12.5. The number of likely N-dealkylation sites (tertiary alicyclic amines) is 1. The molecule has 162 valence electrons. The van der Waals surface area contributed by atoms with E-state index < -0.39 is 0 Å². The summed E-state index contributed by atoms with van der Waals surface area (Å²) < 4.78 is 10.6. The van der Waals surface area contributed by atoms with E-state index in [2.05, 4.69) is 21.4 Å². The van der Waals surface area contributed by atoms with Gasteiger partial charge >= 0.3 is 0 Å². The fourth-order valence-electron chi connectivity index (χ4n) is 3.68. The molecule has 0 spiro atoms. The van der Waals surface area contributed by atoms with Gasteiger partial charge in [-0.1, -0.05) is 0 Å². The van der Waals surface area contributed by atoms with Gasteiger partial charge in [-0.05, 0) is 49.2 Å². The lowest BCUT2D eigenvalue weighted by Gasteiger charge is -2.17. The van der Waals surface area contributed by atoms with E-state index in [-0.39, 0.29) is 5.91 Å². The van der Waals surface area contributed by atoms with Crippen molar-refractivity contribution in [1.29, 1.82) is 5.26 Å². The zero-order valence-electron chi connectivity index (χ0n) is 18.0. The summed E-state index contributed by atoms with van der Waals surface area (Å²) in [6.45, 7) is 1.55. The minimum atomic E-state index is -0.0126. The number of benzene rings is 2. The van der Waals surface area contributed by atoms with Crippen LogP contribution in [0.3, 0.4) is 0 Å². The van der Waals surface area contributed by atoms with E-state index in [0.717, 1.165) is 31.5 Å². The van der Waals surface area contributed by atoms with Gasteiger partial charge in [0.25, 0.3) is 5.91 Å². The van der Waals surface area contributed by atoms with Crippen LogP contribution in [0, 0.1) is 11.3 Å².